The van der Waals surface area contributed by atoms with Crippen LogP contribution in [0.25, 0.3) is 0 Å². The van der Waals surface area contributed by atoms with Crippen molar-refractivity contribution in [2.45, 2.75) is 20.0 Å². The third-order valence-corrected chi connectivity index (χ3v) is 2.67. The zero-order valence-corrected chi connectivity index (χ0v) is 10.7. The van der Waals surface area contributed by atoms with Crippen molar-refractivity contribution in [2.75, 3.05) is 6.54 Å². The smallest absolute Gasteiger partial charge is 0.234 e. The van der Waals surface area contributed by atoms with Gasteiger partial charge in [-0.2, -0.15) is 0 Å². The van der Waals surface area contributed by atoms with Crippen LogP contribution in [0.3, 0.4) is 0 Å². The lowest BCUT2D eigenvalue weighted by Gasteiger charge is -2.03. The molecule has 0 spiro atoms. The molecule has 0 saturated carbocycles. The molecule has 100 valence electrons. The maximum atomic E-state index is 11.0. The third kappa shape index (κ3) is 3.59. The van der Waals surface area contributed by atoms with Crippen molar-refractivity contribution in [1.82, 2.24) is 25.3 Å². The molecule has 0 radical (unpaired) electrons. The highest BCUT2D eigenvalue weighted by Crippen LogP contribution is 2.05. The van der Waals surface area contributed by atoms with Crippen molar-refractivity contribution in [1.29, 1.82) is 0 Å². The summed E-state index contributed by atoms with van der Waals surface area (Å²) >= 11 is 0. The Morgan fingerprint density at radius 3 is 3.11 bits per heavy atom. The van der Waals surface area contributed by atoms with E-state index in [2.05, 4.69) is 20.6 Å². The highest BCUT2D eigenvalue weighted by molar-refractivity contribution is 5.77. The van der Waals surface area contributed by atoms with Crippen LogP contribution in [0.1, 0.15) is 17.0 Å². The molecular weight excluding hydrogens is 244 g/mol. The summed E-state index contributed by atoms with van der Waals surface area (Å²) in [5, 5.41) is 10.6. The molecule has 2 heterocycles. The lowest BCUT2D eigenvalue weighted by Crippen LogP contribution is -2.29. The topological polar surface area (TPSA) is 98.7 Å². The summed E-state index contributed by atoms with van der Waals surface area (Å²) in [4.78, 5) is 15.3. The molecular formula is C12H16N6O. The summed E-state index contributed by atoms with van der Waals surface area (Å²) in [6.07, 6.45) is 3.53. The fourth-order valence-corrected chi connectivity index (χ4v) is 1.60. The van der Waals surface area contributed by atoms with Gasteiger partial charge < -0.3 is 11.1 Å². The maximum absolute atomic E-state index is 11.0. The lowest BCUT2D eigenvalue weighted by molar-refractivity contribution is -0.119. The zero-order chi connectivity index (χ0) is 13.7. The first kappa shape index (κ1) is 13.2. The van der Waals surface area contributed by atoms with Gasteiger partial charge in [0.15, 0.2) is 0 Å². The average Bonchev–Trinajstić information content (AvgIpc) is 2.86. The maximum Gasteiger partial charge on any atom is 0.234 e. The standard InChI is InChI=1S/C12H16N6O/c1-9-3-2-4-14-11(9)8-18-7-10(16-17-18)6-15-12(19)5-13/h2-4,7H,5-6,8,13H2,1H3,(H,15,19). The Morgan fingerprint density at radius 2 is 2.37 bits per heavy atom. The van der Waals surface area contributed by atoms with E-state index in [9.17, 15) is 4.79 Å². The van der Waals surface area contributed by atoms with Gasteiger partial charge in [-0.1, -0.05) is 11.3 Å². The van der Waals surface area contributed by atoms with E-state index in [0.29, 0.717) is 18.8 Å². The van der Waals surface area contributed by atoms with Crippen LogP contribution in [-0.2, 0) is 17.9 Å². The third-order valence-electron chi connectivity index (χ3n) is 2.67. The Kier molecular flexibility index (Phi) is 4.19. The largest absolute Gasteiger partial charge is 0.349 e. The van der Waals surface area contributed by atoms with Gasteiger partial charge in [0, 0.05) is 6.20 Å². The van der Waals surface area contributed by atoms with E-state index in [-0.39, 0.29) is 12.5 Å². The van der Waals surface area contributed by atoms with Crippen molar-refractivity contribution < 1.29 is 4.79 Å². The second-order valence-electron chi connectivity index (χ2n) is 4.16. The second kappa shape index (κ2) is 6.05. The number of nitrogens with one attached hydrogen (secondary N) is 1. The van der Waals surface area contributed by atoms with Crippen LogP contribution in [0.5, 0.6) is 0 Å². The minimum absolute atomic E-state index is 0.0265. The van der Waals surface area contributed by atoms with E-state index < -0.39 is 0 Å². The number of aromatic nitrogens is 4. The van der Waals surface area contributed by atoms with Crippen LogP contribution in [-0.4, -0.2) is 32.4 Å². The van der Waals surface area contributed by atoms with Crippen molar-refractivity contribution in [3.8, 4) is 0 Å². The molecule has 1 amide bonds. The summed E-state index contributed by atoms with van der Waals surface area (Å²) in [5.74, 6) is -0.213. The van der Waals surface area contributed by atoms with Crippen LogP contribution in [0.15, 0.2) is 24.5 Å². The van der Waals surface area contributed by atoms with Gasteiger partial charge in [0.25, 0.3) is 0 Å². The summed E-state index contributed by atoms with van der Waals surface area (Å²) in [5.41, 5.74) is 7.95. The van der Waals surface area contributed by atoms with Gasteiger partial charge in [0.05, 0.1) is 31.5 Å². The number of aryl methyl sites for hydroxylation is 1. The molecule has 7 nitrogen and oxygen atoms in total. The van der Waals surface area contributed by atoms with Gasteiger partial charge in [-0.15, -0.1) is 5.10 Å². The molecule has 0 aromatic carbocycles. The van der Waals surface area contributed by atoms with Gasteiger partial charge >= 0.3 is 0 Å². The molecule has 19 heavy (non-hydrogen) atoms. The molecule has 3 N–H and O–H groups in total. The van der Waals surface area contributed by atoms with Crippen LogP contribution in [0.4, 0.5) is 0 Å². The van der Waals surface area contributed by atoms with E-state index in [1.807, 2.05) is 19.1 Å². The fourth-order valence-electron chi connectivity index (χ4n) is 1.60. The van der Waals surface area contributed by atoms with E-state index in [0.717, 1.165) is 11.3 Å². The molecule has 2 aromatic heterocycles. The van der Waals surface area contributed by atoms with Crippen LogP contribution in [0, 0.1) is 6.92 Å². The van der Waals surface area contributed by atoms with Crippen molar-refractivity contribution >= 4 is 5.91 Å². The molecule has 0 saturated heterocycles. The molecule has 0 aliphatic rings. The number of rotatable bonds is 5. The number of pyridine rings is 1. The number of nitrogens with zero attached hydrogens (tertiary/aromatic N) is 4. The highest BCUT2D eigenvalue weighted by atomic mass is 16.1. The Bertz CT molecular complexity index is 565. The van der Waals surface area contributed by atoms with Gasteiger partial charge in [-0.05, 0) is 18.6 Å². The molecule has 7 heteroatoms. The molecule has 2 aromatic rings. The molecule has 0 aliphatic heterocycles. The zero-order valence-electron chi connectivity index (χ0n) is 10.7. The van der Waals surface area contributed by atoms with E-state index >= 15 is 0 Å². The highest BCUT2D eigenvalue weighted by Gasteiger charge is 2.05. The van der Waals surface area contributed by atoms with Crippen molar-refractivity contribution in [3.63, 3.8) is 0 Å². The lowest BCUT2D eigenvalue weighted by atomic mass is 10.2. The predicted molar refractivity (Wildman–Crippen MR) is 69.0 cm³/mol. The minimum atomic E-state index is -0.213. The van der Waals surface area contributed by atoms with E-state index in [4.69, 9.17) is 5.73 Å². The van der Waals surface area contributed by atoms with Crippen LogP contribution in [0.2, 0.25) is 0 Å². The first-order valence-corrected chi connectivity index (χ1v) is 5.95. The quantitative estimate of drug-likeness (QED) is 0.762. The van der Waals surface area contributed by atoms with E-state index in [1.54, 1.807) is 17.1 Å². The molecule has 0 atom stereocenters. The number of carbonyl (C=O) groups excluding carboxylic acids is 1. The van der Waals surface area contributed by atoms with Gasteiger partial charge in [-0.25, -0.2) is 4.68 Å². The summed E-state index contributed by atoms with van der Waals surface area (Å²) in [6.45, 7) is 2.87. The van der Waals surface area contributed by atoms with Gasteiger partial charge in [0.2, 0.25) is 5.91 Å². The van der Waals surface area contributed by atoms with Crippen molar-refractivity contribution in [3.05, 3.63) is 41.5 Å². The SMILES string of the molecule is Cc1cccnc1Cn1cc(CNC(=O)CN)nn1. The predicted octanol–water partition coefficient (Wildman–Crippen LogP) is -0.395. The van der Waals surface area contributed by atoms with Gasteiger partial charge in [0.1, 0.15) is 5.69 Å². The Morgan fingerprint density at radius 1 is 1.53 bits per heavy atom. The van der Waals surface area contributed by atoms with Crippen LogP contribution >= 0.6 is 0 Å². The molecule has 0 fully saturated rings. The molecule has 0 unspecified atom stereocenters. The normalized spacial score (nSPS) is 10.4. The van der Waals surface area contributed by atoms with Crippen molar-refractivity contribution in [2.24, 2.45) is 5.73 Å². The first-order valence-electron chi connectivity index (χ1n) is 5.95. The molecule has 2 rings (SSSR count). The fraction of sp³-hybridized carbons (Fsp3) is 0.333. The molecule has 0 bridgehead atoms. The molecule has 0 aliphatic carbocycles. The minimum Gasteiger partial charge on any atom is -0.349 e. The summed E-state index contributed by atoms with van der Waals surface area (Å²) < 4.78 is 1.69. The Labute approximate surface area is 110 Å². The first-order chi connectivity index (χ1) is 9.19. The average molecular weight is 260 g/mol. The monoisotopic (exact) mass is 260 g/mol. The Balaban J connectivity index is 1.98. The number of hydrogen-bond acceptors (Lipinski definition) is 5. The number of carbonyl (C=O) groups is 1. The van der Waals surface area contributed by atoms with Crippen LogP contribution < -0.4 is 11.1 Å². The summed E-state index contributed by atoms with van der Waals surface area (Å²) in [7, 11) is 0. The van der Waals surface area contributed by atoms with E-state index in [1.165, 1.54) is 0 Å². The van der Waals surface area contributed by atoms with Gasteiger partial charge in [-0.3, -0.25) is 9.78 Å². The second-order valence-corrected chi connectivity index (χ2v) is 4.16. The summed E-state index contributed by atoms with van der Waals surface area (Å²) in [6, 6.07) is 3.90. The number of nitrogens with two attached hydrogens (primary N) is 1. The number of hydrogen-bond donors (Lipinski definition) is 2. The Hall–Kier alpha value is -2.28. The number of amides is 1.